The summed E-state index contributed by atoms with van der Waals surface area (Å²) in [6.07, 6.45) is 7.75. The number of benzene rings is 1. The summed E-state index contributed by atoms with van der Waals surface area (Å²) in [5.74, 6) is -0.159. The zero-order valence-electron chi connectivity index (χ0n) is 15.9. The Kier molecular flexibility index (Phi) is 7.57. The number of rotatable bonds is 10. The first kappa shape index (κ1) is 19.7. The van der Waals surface area contributed by atoms with Crippen LogP contribution in [0.1, 0.15) is 59.3 Å². The zero-order chi connectivity index (χ0) is 17.6. The van der Waals surface area contributed by atoms with Crippen molar-refractivity contribution in [3.63, 3.8) is 0 Å². The van der Waals surface area contributed by atoms with E-state index in [0.717, 1.165) is 5.52 Å². The van der Waals surface area contributed by atoms with E-state index >= 15 is 0 Å². The van der Waals surface area contributed by atoms with Crippen molar-refractivity contribution in [2.24, 2.45) is 7.05 Å². The topological polar surface area (TPSA) is 17.8 Å². The monoisotopic (exact) mass is 440 g/mol. The Morgan fingerprint density at radius 1 is 0.958 bits per heavy atom. The van der Waals surface area contributed by atoms with E-state index in [0.29, 0.717) is 0 Å². The molecule has 0 saturated heterocycles. The van der Waals surface area contributed by atoms with Crippen molar-refractivity contribution < 1.29 is 4.39 Å². The second-order valence-electron chi connectivity index (χ2n) is 7.22. The first-order chi connectivity index (χ1) is 11.6. The fourth-order valence-electron chi connectivity index (χ4n) is 3.90. The SMILES string of the molecule is CCC[CH2][Sn]([CH2]CCC)([CH2]CCC)[c]1nn(C)c2cc(F)ccc12. The quantitative estimate of drug-likeness (QED) is 0.430. The van der Waals surface area contributed by atoms with Crippen LogP contribution in [0.3, 0.4) is 0 Å². The van der Waals surface area contributed by atoms with Gasteiger partial charge in [-0.15, -0.1) is 0 Å². The predicted molar refractivity (Wildman–Crippen MR) is 105 cm³/mol. The molecule has 0 spiro atoms. The van der Waals surface area contributed by atoms with Crippen LogP contribution in [0, 0.1) is 5.82 Å². The Hall–Kier alpha value is -0.581. The maximum atomic E-state index is 13.7. The third-order valence-electron chi connectivity index (χ3n) is 5.34. The van der Waals surface area contributed by atoms with Crippen molar-refractivity contribution in [3.8, 4) is 0 Å². The third-order valence-corrected chi connectivity index (χ3v) is 20.5. The van der Waals surface area contributed by atoms with Gasteiger partial charge in [-0.1, -0.05) is 0 Å². The summed E-state index contributed by atoms with van der Waals surface area (Å²) in [5.41, 5.74) is 0.968. The van der Waals surface area contributed by atoms with E-state index < -0.39 is 18.4 Å². The first-order valence-electron chi connectivity index (χ1n) is 9.70. The molecule has 1 heterocycles. The molecule has 0 bridgehead atoms. The molecule has 0 aliphatic heterocycles. The van der Waals surface area contributed by atoms with Crippen LogP contribution in [0.25, 0.3) is 10.9 Å². The standard InChI is InChI=1S/C8H6FN2.3C4H9.Sn/c1-11-8-4-7(9)3-2-6(8)5-10-11;3*1-3-4-2;/h2-4H,1H3;3*1,3-4H2,2H3;. The van der Waals surface area contributed by atoms with Crippen molar-refractivity contribution in [2.75, 3.05) is 0 Å². The number of nitrogens with zero attached hydrogens (tertiary/aromatic N) is 2. The zero-order valence-corrected chi connectivity index (χ0v) is 18.7. The number of hydrogen-bond donors (Lipinski definition) is 0. The average Bonchev–Trinajstić information content (AvgIpc) is 2.91. The Morgan fingerprint density at radius 3 is 2.00 bits per heavy atom. The Bertz CT molecular complexity index is 629. The maximum absolute atomic E-state index is 13.7. The van der Waals surface area contributed by atoms with E-state index in [4.69, 9.17) is 5.10 Å². The summed E-state index contributed by atoms with van der Waals surface area (Å²) in [4.78, 5) is 0. The molecule has 0 N–H and O–H groups in total. The van der Waals surface area contributed by atoms with Crippen molar-refractivity contribution in [1.82, 2.24) is 9.78 Å². The summed E-state index contributed by atoms with van der Waals surface area (Å²) >= 11 is -2.57. The van der Waals surface area contributed by atoms with Crippen LogP contribution in [0.15, 0.2) is 18.2 Å². The molecule has 0 atom stereocenters. The first-order valence-corrected chi connectivity index (χ1v) is 17.2. The molecule has 1 aromatic heterocycles. The summed E-state index contributed by atoms with van der Waals surface area (Å²) in [6.45, 7) is 6.88. The van der Waals surface area contributed by atoms with Gasteiger partial charge in [0, 0.05) is 0 Å². The van der Waals surface area contributed by atoms with Crippen LogP contribution >= 0.6 is 0 Å². The number of unbranched alkanes of at least 4 members (excludes halogenated alkanes) is 3. The van der Waals surface area contributed by atoms with E-state index in [1.807, 2.05) is 17.8 Å². The van der Waals surface area contributed by atoms with Crippen LogP contribution in [-0.4, -0.2) is 28.2 Å². The number of hydrogen-bond acceptors (Lipinski definition) is 1. The Balaban J connectivity index is 2.55. The van der Waals surface area contributed by atoms with Crippen LogP contribution < -0.4 is 3.71 Å². The minimum atomic E-state index is -2.57. The van der Waals surface area contributed by atoms with Crippen LogP contribution in [0.5, 0.6) is 0 Å². The van der Waals surface area contributed by atoms with E-state index in [9.17, 15) is 4.39 Å². The van der Waals surface area contributed by atoms with Gasteiger partial charge in [0.05, 0.1) is 0 Å². The van der Waals surface area contributed by atoms with E-state index in [1.54, 1.807) is 12.1 Å². The molecule has 24 heavy (non-hydrogen) atoms. The van der Waals surface area contributed by atoms with E-state index in [1.165, 1.54) is 60.9 Å². The van der Waals surface area contributed by atoms with Gasteiger partial charge in [0.1, 0.15) is 0 Å². The molecule has 4 heteroatoms. The molecule has 0 aliphatic rings. The fourth-order valence-corrected chi connectivity index (χ4v) is 20.2. The molecule has 2 rings (SSSR count). The fraction of sp³-hybridized carbons (Fsp3) is 0.650. The molecule has 2 nitrogen and oxygen atoms in total. The molecule has 0 unspecified atom stereocenters. The Morgan fingerprint density at radius 2 is 1.50 bits per heavy atom. The number of halogens is 1. The van der Waals surface area contributed by atoms with Gasteiger partial charge < -0.3 is 0 Å². The number of fused-ring (bicyclic) bond motifs is 1. The molecule has 0 fully saturated rings. The molecule has 0 amide bonds. The van der Waals surface area contributed by atoms with Crippen LogP contribution in [0.4, 0.5) is 4.39 Å². The second kappa shape index (κ2) is 9.21. The summed E-state index contributed by atoms with van der Waals surface area (Å²) in [5, 5.41) is 6.24. The number of aromatic nitrogens is 2. The minimum absolute atomic E-state index is 0.159. The summed E-state index contributed by atoms with van der Waals surface area (Å²) < 4.78 is 21.2. The van der Waals surface area contributed by atoms with Crippen molar-refractivity contribution in [2.45, 2.75) is 72.6 Å². The van der Waals surface area contributed by atoms with Gasteiger partial charge in [0.15, 0.2) is 0 Å². The molecular formula is C20H33FN2Sn. The third kappa shape index (κ3) is 4.33. The van der Waals surface area contributed by atoms with Gasteiger partial charge in [-0.3, -0.25) is 0 Å². The molecule has 0 saturated carbocycles. The normalized spacial score (nSPS) is 12.2. The van der Waals surface area contributed by atoms with Gasteiger partial charge in [-0.05, 0) is 0 Å². The second-order valence-corrected chi connectivity index (χ2v) is 20.2. The van der Waals surface area contributed by atoms with Crippen molar-refractivity contribution in [1.29, 1.82) is 0 Å². The summed E-state index contributed by atoms with van der Waals surface area (Å²) in [7, 11) is 1.97. The molecule has 0 radical (unpaired) electrons. The molecular weight excluding hydrogens is 406 g/mol. The summed E-state index contributed by atoms with van der Waals surface area (Å²) in [6, 6.07) is 5.26. The molecule has 1 aromatic carbocycles. The van der Waals surface area contributed by atoms with Gasteiger partial charge in [-0.2, -0.15) is 0 Å². The average molecular weight is 439 g/mol. The molecule has 0 aliphatic carbocycles. The van der Waals surface area contributed by atoms with Crippen LogP contribution in [0.2, 0.25) is 13.3 Å². The van der Waals surface area contributed by atoms with Gasteiger partial charge >= 0.3 is 151 Å². The van der Waals surface area contributed by atoms with Gasteiger partial charge in [0.25, 0.3) is 0 Å². The molecule has 134 valence electrons. The van der Waals surface area contributed by atoms with E-state index in [-0.39, 0.29) is 5.82 Å². The predicted octanol–water partition coefficient (Wildman–Crippen LogP) is 5.77. The van der Waals surface area contributed by atoms with Gasteiger partial charge in [-0.25, -0.2) is 0 Å². The molecule has 2 aromatic rings. The van der Waals surface area contributed by atoms with Crippen molar-refractivity contribution in [3.05, 3.63) is 24.0 Å². The van der Waals surface area contributed by atoms with Crippen molar-refractivity contribution >= 4 is 33.0 Å². The number of aryl methyl sites for hydroxylation is 1. The van der Waals surface area contributed by atoms with Crippen LogP contribution in [-0.2, 0) is 7.05 Å². The van der Waals surface area contributed by atoms with Gasteiger partial charge in [0.2, 0.25) is 0 Å². The van der Waals surface area contributed by atoms with E-state index in [2.05, 4.69) is 20.8 Å². The Labute approximate surface area is 150 Å².